The lowest BCUT2D eigenvalue weighted by Crippen LogP contribution is -1.94. The molecule has 0 atom stereocenters. The van der Waals surface area contributed by atoms with Gasteiger partial charge in [0.1, 0.15) is 0 Å². The molecule has 0 aromatic heterocycles. The third-order valence-corrected chi connectivity index (χ3v) is 2.66. The molecule has 0 aliphatic carbocycles. The molecule has 4 N–H and O–H groups in total. The third kappa shape index (κ3) is 1.75. The van der Waals surface area contributed by atoms with E-state index in [1.165, 1.54) is 5.56 Å². The summed E-state index contributed by atoms with van der Waals surface area (Å²) < 4.78 is 0. The van der Waals surface area contributed by atoms with Crippen molar-refractivity contribution in [3.63, 3.8) is 0 Å². The molecule has 2 rings (SSSR count). The summed E-state index contributed by atoms with van der Waals surface area (Å²) in [6, 6.07) is 10.1. The highest BCUT2D eigenvalue weighted by Crippen LogP contribution is 2.27. The van der Waals surface area contributed by atoms with Crippen LogP contribution in [0.3, 0.4) is 0 Å². The van der Waals surface area contributed by atoms with E-state index in [1.807, 2.05) is 24.3 Å². The highest BCUT2D eigenvalue weighted by Gasteiger charge is 2.03. The SMILES string of the molecule is CCCc1cc(N)c2cccc(N)c2c1. The van der Waals surface area contributed by atoms with Crippen LogP contribution in [0.5, 0.6) is 0 Å². The molecule has 15 heavy (non-hydrogen) atoms. The highest BCUT2D eigenvalue weighted by atomic mass is 14.6. The first-order chi connectivity index (χ1) is 7.22. The number of aryl methyl sites for hydroxylation is 1. The van der Waals surface area contributed by atoms with E-state index in [0.717, 1.165) is 35.0 Å². The summed E-state index contributed by atoms with van der Waals surface area (Å²) >= 11 is 0. The van der Waals surface area contributed by atoms with E-state index in [4.69, 9.17) is 11.5 Å². The number of nitrogens with two attached hydrogens (primary N) is 2. The fraction of sp³-hybridized carbons (Fsp3) is 0.231. The van der Waals surface area contributed by atoms with E-state index in [-0.39, 0.29) is 0 Å². The third-order valence-electron chi connectivity index (χ3n) is 2.66. The average Bonchev–Trinajstić information content (AvgIpc) is 2.20. The van der Waals surface area contributed by atoms with Gasteiger partial charge in [0.25, 0.3) is 0 Å². The molecule has 0 unspecified atom stereocenters. The summed E-state index contributed by atoms with van der Waals surface area (Å²) in [5.74, 6) is 0. The van der Waals surface area contributed by atoms with E-state index in [0.29, 0.717) is 0 Å². The van der Waals surface area contributed by atoms with Gasteiger partial charge in [-0.25, -0.2) is 0 Å². The first-order valence-electron chi connectivity index (χ1n) is 5.29. The Balaban J connectivity index is 2.68. The van der Waals surface area contributed by atoms with Crippen molar-refractivity contribution in [3.8, 4) is 0 Å². The van der Waals surface area contributed by atoms with Crippen LogP contribution < -0.4 is 11.5 Å². The van der Waals surface area contributed by atoms with Crippen molar-refractivity contribution < 1.29 is 0 Å². The predicted molar refractivity (Wildman–Crippen MR) is 66.8 cm³/mol. The van der Waals surface area contributed by atoms with Crippen LogP contribution in [0.4, 0.5) is 11.4 Å². The van der Waals surface area contributed by atoms with Gasteiger partial charge in [0, 0.05) is 22.1 Å². The topological polar surface area (TPSA) is 52.0 Å². The summed E-state index contributed by atoms with van der Waals surface area (Å²) in [7, 11) is 0. The minimum atomic E-state index is 0.803. The van der Waals surface area contributed by atoms with Crippen LogP contribution in [0, 0.1) is 0 Å². The number of anilines is 2. The van der Waals surface area contributed by atoms with Gasteiger partial charge in [0.05, 0.1) is 0 Å². The molecule has 0 radical (unpaired) electrons. The molecule has 2 heteroatoms. The molecule has 78 valence electrons. The zero-order valence-electron chi connectivity index (χ0n) is 8.96. The number of rotatable bonds is 2. The zero-order chi connectivity index (χ0) is 10.8. The van der Waals surface area contributed by atoms with Crippen LogP contribution in [-0.2, 0) is 6.42 Å². The Labute approximate surface area is 89.9 Å². The Morgan fingerprint density at radius 1 is 1.00 bits per heavy atom. The van der Waals surface area contributed by atoms with E-state index < -0.39 is 0 Å². The van der Waals surface area contributed by atoms with Crippen LogP contribution >= 0.6 is 0 Å². The number of hydrogen-bond donors (Lipinski definition) is 2. The quantitative estimate of drug-likeness (QED) is 0.732. The summed E-state index contributed by atoms with van der Waals surface area (Å²) in [5.41, 5.74) is 14.8. The van der Waals surface area contributed by atoms with Crippen molar-refractivity contribution in [1.82, 2.24) is 0 Å². The smallest absolute Gasteiger partial charge is 0.0397 e. The van der Waals surface area contributed by atoms with Gasteiger partial charge >= 0.3 is 0 Å². The number of fused-ring (bicyclic) bond motifs is 1. The van der Waals surface area contributed by atoms with Gasteiger partial charge in [-0.05, 0) is 30.2 Å². The highest BCUT2D eigenvalue weighted by molar-refractivity contribution is 6.00. The Bertz CT molecular complexity index is 489. The minimum Gasteiger partial charge on any atom is -0.398 e. The molecule has 0 heterocycles. The van der Waals surface area contributed by atoms with Crippen LogP contribution in [0.15, 0.2) is 30.3 Å². The maximum Gasteiger partial charge on any atom is 0.0397 e. The minimum absolute atomic E-state index is 0.803. The van der Waals surface area contributed by atoms with Crippen LogP contribution in [0.2, 0.25) is 0 Å². The van der Waals surface area contributed by atoms with Gasteiger partial charge in [-0.1, -0.05) is 25.5 Å². The first kappa shape index (κ1) is 9.84. The molecule has 2 aromatic rings. The van der Waals surface area contributed by atoms with E-state index in [1.54, 1.807) is 0 Å². The molecule has 0 bridgehead atoms. The zero-order valence-corrected chi connectivity index (χ0v) is 8.96. The van der Waals surface area contributed by atoms with E-state index in [2.05, 4.69) is 13.0 Å². The van der Waals surface area contributed by atoms with Gasteiger partial charge < -0.3 is 11.5 Å². The molecular formula is C13H16N2. The van der Waals surface area contributed by atoms with Gasteiger partial charge in [0.2, 0.25) is 0 Å². The summed E-state index contributed by atoms with van der Waals surface area (Å²) in [6.07, 6.45) is 2.17. The molecule has 0 amide bonds. The summed E-state index contributed by atoms with van der Waals surface area (Å²) in [6.45, 7) is 2.16. The number of hydrogen-bond acceptors (Lipinski definition) is 2. The predicted octanol–water partition coefficient (Wildman–Crippen LogP) is 2.96. The maximum atomic E-state index is 6.00. The van der Waals surface area contributed by atoms with Crippen LogP contribution in [0.1, 0.15) is 18.9 Å². The maximum absolute atomic E-state index is 6.00. The molecule has 0 saturated heterocycles. The molecule has 0 spiro atoms. The van der Waals surface area contributed by atoms with Crippen molar-refractivity contribution in [2.45, 2.75) is 19.8 Å². The monoisotopic (exact) mass is 200 g/mol. The number of benzene rings is 2. The fourth-order valence-corrected chi connectivity index (χ4v) is 1.93. The van der Waals surface area contributed by atoms with E-state index in [9.17, 15) is 0 Å². The van der Waals surface area contributed by atoms with Gasteiger partial charge in [0.15, 0.2) is 0 Å². The average molecular weight is 200 g/mol. The van der Waals surface area contributed by atoms with E-state index >= 15 is 0 Å². The Kier molecular flexibility index (Phi) is 2.50. The van der Waals surface area contributed by atoms with Crippen molar-refractivity contribution in [3.05, 3.63) is 35.9 Å². The second kappa shape index (κ2) is 3.81. The molecule has 0 saturated carbocycles. The van der Waals surface area contributed by atoms with Crippen LogP contribution in [0.25, 0.3) is 10.8 Å². The van der Waals surface area contributed by atoms with Gasteiger partial charge in [-0.15, -0.1) is 0 Å². The van der Waals surface area contributed by atoms with Crippen molar-refractivity contribution in [2.75, 3.05) is 11.5 Å². The largest absolute Gasteiger partial charge is 0.398 e. The normalized spacial score (nSPS) is 10.7. The lowest BCUT2D eigenvalue weighted by molar-refractivity contribution is 0.924. The second-order valence-corrected chi connectivity index (χ2v) is 3.88. The fourth-order valence-electron chi connectivity index (χ4n) is 1.93. The lowest BCUT2D eigenvalue weighted by atomic mass is 10.0. The van der Waals surface area contributed by atoms with Crippen molar-refractivity contribution in [2.24, 2.45) is 0 Å². The summed E-state index contributed by atoms with van der Waals surface area (Å²) in [5, 5.41) is 2.12. The second-order valence-electron chi connectivity index (χ2n) is 3.88. The molecule has 0 aliphatic heterocycles. The number of nitrogen functional groups attached to an aromatic ring is 2. The Morgan fingerprint density at radius 2 is 1.80 bits per heavy atom. The van der Waals surface area contributed by atoms with Crippen molar-refractivity contribution in [1.29, 1.82) is 0 Å². The molecule has 0 aliphatic rings. The van der Waals surface area contributed by atoms with Gasteiger partial charge in [-0.2, -0.15) is 0 Å². The van der Waals surface area contributed by atoms with Crippen LogP contribution in [-0.4, -0.2) is 0 Å². The molecular weight excluding hydrogens is 184 g/mol. The lowest BCUT2D eigenvalue weighted by Gasteiger charge is -2.08. The first-order valence-corrected chi connectivity index (χ1v) is 5.29. The molecule has 2 nitrogen and oxygen atoms in total. The molecule has 2 aromatic carbocycles. The standard InChI is InChI=1S/C13H16N2/c1-2-4-9-7-11-10(13(15)8-9)5-3-6-12(11)14/h3,5-8H,2,4,14-15H2,1H3. The Hall–Kier alpha value is -1.70. The van der Waals surface area contributed by atoms with Crippen molar-refractivity contribution >= 4 is 22.1 Å². The van der Waals surface area contributed by atoms with Gasteiger partial charge in [-0.3, -0.25) is 0 Å². The summed E-state index contributed by atoms with van der Waals surface area (Å²) in [4.78, 5) is 0. The Morgan fingerprint density at radius 3 is 2.53 bits per heavy atom. The molecule has 0 fully saturated rings.